The van der Waals surface area contributed by atoms with E-state index in [9.17, 15) is 0 Å². The summed E-state index contributed by atoms with van der Waals surface area (Å²) in [6.07, 6.45) is 2.29. The van der Waals surface area contributed by atoms with Gasteiger partial charge in [0.1, 0.15) is 12.2 Å². The van der Waals surface area contributed by atoms with Gasteiger partial charge in [0, 0.05) is 26.6 Å². The Kier molecular flexibility index (Phi) is 3.61. The van der Waals surface area contributed by atoms with Crippen molar-refractivity contribution < 1.29 is 4.74 Å². The number of aromatic nitrogens is 5. The molecule has 98 valence electrons. The number of nitrogens with one attached hydrogen (secondary N) is 1. The predicted molar refractivity (Wildman–Crippen MR) is 66.3 cm³/mol. The van der Waals surface area contributed by atoms with E-state index in [0.717, 1.165) is 23.8 Å². The first-order chi connectivity index (χ1) is 8.65. The molecule has 0 fully saturated rings. The Bertz CT molecular complexity index is 517. The molecule has 0 radical (unpaired) electrons. The van der Waals surface area contributed by atoms with Crippen LogP contribution in [0.4, 0.5) is 0 Å². The van der Waals surface area contributed by atoms with Crippen molar-refractivity contribution in [3.8, 4) is 5.88 Å². The van der Waals surface area contributed by atoms with Crippen molar-refractivity contribution in [2.45, 2.75) is 12.5 Å². The van der Waals surface area contributed by atoms with Crippen LogP contribution in [-0.2, 0) is 20.5 Å². The summed E-state index contributed by atoms with van der Waals surface area (Å²) in [4.78, 5) is 4.22. The summed E-state index contributed by atoms with van der Waals surface area (Å²) in [5, 5.41) is 11.7. The molecule has 0 saturated carbocycles. The van der Waals surface area contributed by atoms with Crippen LogP contribution in [0.25, 0.3) is 0 Å². The molecule has 0 aromatic carbocycles. The highest BCUT2D eigenvalue weighted by atomic mass is 16.5. The molecule has 0 bridgehead atoms. The highest BCUT2D eigenvalue weighted by Crippen LogP contribution is 2.20. The Labute approximate surface area is 106 Å². The summed E-state index contributed by atoms with van der Waals surface area (Å²) < 4.78 is 8.71. The standard InChI is InChI=1S/C11H18N6O/c1-12-8(5-10-13-7-14-16(10)2)9-6-11(18-4)17(3)15-9/h6-8,12H,5H2,1-4H3. The largest absolute Gasteiger partial charge is 0.481 e. The van der Waals surface area contributed by atoms with Crippen LogP contribution in [0.3, 0.4) is 0 Å². The van der Waals surface area contributed by atoms with E-state index in [1.54, 1.807) is 22.8 Å². The van der Waals surface area contributed by atoms with Gasteiger partial charge < -0.3 is 10.1 Å². The zero-order chi connectivity index (χ0) is 13.1. The molecule has 0 amide bonds. The molecule has 0 aliphatic rings. The van der Waals surface area contributed by atoms with Gasteiger partial charge in [-0.15, -0.1) is 0 Å². The molecule has 2 aromatic rings. The van der Waals surface area contributed by atoms with Gasteiger partial charge in [0.25, 0.3) is 0 Å². The average Bonchev–Trinajstić information content (AvgIpc) is 2.92. The number of hydrogen-bond acceptors (Lipinski definition) is 5. The van der Waals surface area contributed by atoms with Crippen LogP contribution >= 0.6 is 0 Å². The number of hydrogen-bond donors (Lipinski definition) is 1. The fourth-order valence-electron chi connectivity index (χ4n) is 1.87. The van der Waals surface area contributed by atoms with Crippen LogP contribution in [0.1, 0.15) is 17.6 Å². The van der Waals surface area contributed by atoms with Crippen LogP contribution < -0.4 is 10.1 Å². The maximum Gasteiger partial charge on any atom is 0.211 e. The van der Waals surface area contributed by atoms with Crippen molar-refractivity contribution in [2.75, 3.05) is 14.2 Å². The summed E-state index contributed by atoms with van der Waals surface area (Å²) in [6.45, 7) is 0. The fourth-order valence-corrected chi connectivity index (χ4v) is 1.87. The number of methoxy groups -OCH3 is 1. The first kappa shape index (κ1) is 12.6. The van der Waals surface area contributed by atoms with Crippen molar-refractivity contribution in [2.24, 2.45) is 14.1 Å². The molecule has 1 atom stereocenters. The lowest BCUT2D eigenvalue weighted by Crippen LogP contribution is -2.21. The Morgan fingerprint density at radius 2 is 2.17 bits per heavy atom. The molecule has 1 N–H and O–H groups in total. The minimum absolute atomic E-state index is 0.0861. The van der Waals surface area contributed by atoms with Crippen LogP contribution in [-0.4, -0.2) is 38.7 Å². The van der Waals surface area contributed by atoms with E-state index in [-0.39, 0.29) is 6.04 Å². The normalized spacial score (nSPS) is 12.7. The van der Waals surface area contributed by atoms with Gasteiger partial charge in [0.15, 0.2) is 0 Å². The smallest absolute Gasteiger partial charge is 0.211 e. The first-order valence-electron chi connectivity index (χ1n) is 5.73. The lowest BCUT2D eigenvalue weighted by atomic mass is 10.1. The van der Waals surface area contributed by atoms with Crippen LogP contribution in [0, 0.1) is 0 Å². The molecule has 18 heavy (non-hydrogen) atoms. The molecule has 7 heteroatoms. The summed E-state index contributed by atoms with van der Waals surface area (Å²) in [7, 11) is 7.28. The van der Waals surface area contributed by atoms with E-state index in [2.05, 4.69) is 20.5 Å². The van der Waals surface area contributed by atoms with Gasteiger partial charge in [-0.1, -0.05) is 0 Å². The number of rotatable bonds is 5. The molecule has 0 aliphatic heterocycles. The number of aryl methyl sites for hydroxylation is 2. The Morgan fingerprint density at radius 1 is 1.39 bits per heavy atom. The van der Waals surface area contributed by atoms with E-state index in [1.807, 2.05) is 27.2 Å². The van der Waals surface area contributed by atoms with Gasteiger partial charge in [-0.2, -0.15) is 10.2 Å². The molecule has 0 saturated heterocycles. The fraction of sp³-hybridized carbons (Fsp3) is 0.545. The lowest BCUT2D eigenvalue weighted by Gasteiger charge is -2.12. The second kappa shape index (κ2) is 5.18. The maximum absolute atomic E-state index is 5.22. The minimum Gasteiger partial charge on any atom is -0.481 e. The second-order valence-corrected chi connectivity index (χ2v) is 4.08. The van der Waals surface area contributed by atoms with Gasteiger partial charge in [0.2, 0.25) is 5.88 Å². The highest BCUT2D eigenvalue weighted by Gasteiger charge is 2.17. The molecule has 0 spiro atoms. The summed E-state index contributed by atoms with van der Waals surface area (Å²) in [6, 6.07) is 2.01. The van der Waals surface area contributed by atoms with Crippen molar-refractivity contribution in [3.63, 3.8) is 0 Å². The highest BCUT2D eigenvalue weighted by molar-refractivity contribution is 5.19. The molecular formula is C11H18N6O. The SMILES string of the molecule is CNC(Cc1ncnn1C)c1cc(OC)n(C)n1. The molecule has 0 aliphatic carbocycles. The topological polar surface area (TPSA) is 69.8 Å². The van der Waals surface area contributed by atoms with Crippen LogP contribution in [0.15, 0.2) is 12.4 Å². The zero-order valence-electron chi connectivity index (χ0n) is 11.1. The van der Waals surface area contributed by atoms with Crippen LogP contribution in [0.5, 0.6) is 5.88 Å². The average molecular weight is 250 g/mol. The van der Waals surface area contributed by atoms with Gasteiger partial charge >= 0.3 is 0 Å². The number of likely N-dealkylation sites (N-methyl/N-ethyl adjacent to an activating group) is 1. The third-order valence-electron chi connectivity index (χ3n) is 2.96. The van der Waals surface area contributed by atoms with Gasteiger partial charge in [-0.05, 0) is 7.05 Å². The van der Waals surface area contributed by atoms with Crippen molar-refractivity contribution in [1.29, 1.82) is 0 Å². The van der Waals surface area contributed by atoms with E-state index in [0.29, 0.717) is 0 Å². The third-order valence-corrected chi connectivity index (χ3v) is 2.96. The molecule has 7 nitrogen and oxygen atoms in total. The number of nitrogens with zero attached hydrogens (tertiary/aromatic N) is 5. The van der Waals surface area contributed by atoms with Crippen molar-refractivity contribution in [1.82, 2.24) is 29.9 Å². The van der Waals surface area contributed by atoms with E-state index >= 15 is 0 Å². The van der Waals surface area contributed by atoms with E-state index in [4.69, 9.17) is 4.74 Å². The van der Waals surface area contributed by atoms with Gasteiger partial charge in [-0.3, -0.25) is 4.68 Å². The Balaban J connectivity index is 2.20. The summed E-state index contributed by atoms with van der Waals surface area (Å²) in [5.74, 6) is 1.65. The molecule has 2 rings (SSSR count). The Morgan fingerprint density at radius 3 is 2.67 bits per heavy atom. The van der Waals surface area contributed by atoms with Crippen LogP contribution in [0.2, 0.25) is 0 Å². The minimum atomic E-state index is 0.0861. The molecular weight excluding hydrogens is 232 g/mol. The third kappa shape index (κ3) is 2.35. The summed E-state index contributed by atoms with van der Waals surface area (Å²) in [5.41, 5.74) is 0.930. The molecule has 2 aromatic heterocycles. The first-order valence-corrected chi connectivity index (χ1v) is 5.73. The number of ether oxygens (including phenoxy) is 1. The van der Waals surface area contributed by atoms with Gasteiger partial charge in [-0.25, -0.2) is 9.67 Å². The zero-order valence-corrected chi connectivity index (χ0v) is 11.1. The van der Waals surface area contributed by atoms with Gasteiger partial charge in [0.05, 0.1) is 18.8 Å². The second-order valence-electron chi connectivity index (χ2n) is 4.08. The lowest BCUT2D eigenvalue weighted by molar-refractivity contribution is 0.373. The van der Waals surface area contributed by atoms with Crippen molar-refractivity contribution in [3.05, 3.63) is 23.9 Å². The predicted octanol–water partition coefficient (Wildman–Crippen LogP) is 0.0604. The van der Waals surface area contributed by atoms with E-state index < -0.39 is 0 Å². The van der Waals surface area contributed by atoms with Crippen molar-refractivity contribution >= 4 is 0 Å². The quantitative estimate of drug-likeness (QED) is 0.812. The monoisotopic (exact) mass is 250 g/mol. The molecule has 1 unspecified atom stereocenters. The maximum atomic E-state index is 5.22. The Hall–Kier alpha value is -1.89. The summed E-state index contributed by atoms with van der Waals surface area (Å²) >= 11 is 0. The molecule has 2 heterocycles. The van der Waals surface area contributed by atoms with E-state index in [1.165, 1.54) is 0 Å².